The first-order valence-corrected chi connectivity index (χ1v) is 8.65. The molecule has 0 radical (unpaired) electrons. The molecule has 0 aromatic heterocycles. The normalized spacial score (nSPS) is 22.6. The van der Waals surface area contributed by atoms with Crippen LogP contribution < -0.4 is 11.1 Å². The van der Waals surface area contributed by atoms with Crippen LogP contribution >= 0.6 is 0 Å². The molecule has 134 valence electrons. The summed E-state index contributed by atoms with van der Waals surface area (Å²) in [5.74, 6) is -0.0344. The van der Waals surface area contributed by atoms with Gasteiger partial charge in [0, 0.05) is 26.2 Å². The number of amides is 4. The Balaban J connectivity index is 1.54. The van der Waals surface area contributed by atoms with Gasteiger partial charge in [0.2, 0.25) is 11.8 Å². The fourth-order valence-corrected chi connectivity index (χ4v) is 3.75. The van der Waals surface area contributed by atoms with Gasteiger partial charge in [-0.3, -0.25) is 9.59 Å². The Morgan fingerprint density at radius 3 is 2.60 bits per heavy atom. The molecule has 7 nitrogen and oxygen atoms in total. The van der Waals surface area contributed by atoms with Crippen molar-refractivity contribution in [3.8, 4) is 0 Å². The van der Waals surface area contributed by atoms with Gasteiger partial charge in [-0.25, -0.2) is 4.79 Å². The Labute approximate surface area is 147 Å². The highest BCUT2D eigenvalue weighted by atomic mass is 16.2. The van der Waals surface area contributed by atoms with Crippen molar-refractivity contribution in [1.29, 1.82) is 0 Å². The van der Waals surface area contributed by atoms with Crippen LogP contribution in [-0.2, 0) is 16.0 Å². The Kier molecular flexibility index (Phi) is 4.92. The molecule has 1 unspecified atom stereocenters. The van der Waals surface area contributed by atoms with Crippen molar-refractivity contribution in [2.45, 2.75) is 19.3 Å². The van der Waals surface area contributed by atoms with Gasteiger partial charge in [-0.1, -0.05) is 30.3 Å². The van der Waals surface area contributed by atoms with E-state index >= 15 is 0 Å². The summed E-state index contributed by atoms with van der Waals surface area (Å²) in [4.78, 5) is 39.3. The molecule has 4 amide bonds. The SMILES string of the molecule is NC(=O)NCC(=O)N1CCC2(CCN(CCc3ccccc3)C2=O)C1. The monoisotopic (exact) mass is 344 g/mol. The van der Waals surface area contributed by atoms with Crippen LogP contribution in [0.25, 0.3) is 0 Å². The van der Waals surface area contributed by atoms with Crippen LogP contribution in [0.3, 0.4) is 0 Å². The van der Waals surface area contributed by atoms with Gasteiger partial charge < -0.3 is 20.9 Å². The molecule has 0 saturated carbocycles. The van der Waals surface area contributed by atoms with Gasteiger partial charge in [0.25, 0.3) is 0 Å². The molecule has 0 bridgehead atoms. The number of rotatable bonds is 5. The molecule has 2 heterocycles. The zero-order valence-electron chi connectivity index (χ0n) is 14.2. The minimum atomic E-state index is -0.716. The molecule has 25 heavy (non-hydrogen) atoms. The highest BCUT2D eigenvalue weighted by Gasteiger charge is 2.51. The Hall–Kier alpha value is -2.57. The van der Waals surface area contributed by atoms with E-state index in [1.807, 2.05) is 23.1 Å². The van der Waals surface area contributed by atoms with E-state index in [1.165, 1.54) is 5.56 Å². The number of urea groups is 1. The summed E-state index contributed by atoms with van der Waals surface area (Å²) in [6, 6.07) is 9.41. The minimum Gasteiger partial charge on any atom is -0.352 e. The molecular formula is C18H24N4O3. The van der Waals surface area contributed by atoms with Gasteiger partial charge >= 0.3 is 6.03 Å². The van der Waals surface area contributed by atoms with E-state index in [1.54, 1.807) is 4.90 Å². The van der Waals surface area contributed by atoms with Crippen LogP contribution in [0.2, 0.25) is 0 Å². The summed E-state index contributed by atoms with van der Waals surface area (Å²) in [7, 11) is 0. The summed E-state index contributed by atoms with van der Waals surface area (Å²) in [6.45, 7) is 2.33. The van der Waals surface area contributed by atoms with Crippen LogP contribution in [0.5, 0.6) is 0 Å². The molecule has 1 aromatic rings. The van der Waals surface area contributed by atoms with Gasteiger partial charge in [-0.2, -0.15) is 0 Å². The van der Waals surface area contributed by atoms with E-state index in [4.69, 9.17) is 5.73 Å². The van der Waals surface area contributed by atoms with Crippen LogP contribution in [0.4, 0.5) is 4.79 Å². The average Bonchev–Trinajstić information content (AvgIpc) is 3.18. The Morgan fingerprint density at radius 2 is 1.88 bits per heavy atom. The van der Waals surface area contributed by atoms with Gasteiger partial charge in [-0.05, 0) is 24.8 Å². The van der Waals surface area contributed by atoms with Crippen molar-refractivity contribution in [2.24, 2.45) is 11.1 Å². The number of nitrogens with two attached hydrogens (primary N) is 1. The smallest absolute Gasteiger partial charge is 0.312 e. The maximum absolute atomic E-state index is 12.9. The molecule has 2 aliphatic rings. The van der Waals surface area contributed by atoms with Gasteiger partial charge in [0.1, 0.15) is 0 Å². The van der Waals surface area contributed by atoms with Gasteiger partial charge in [0.05, 0.1) is 12.0 Å². The largest absolute Gasteiger partial charge is 0.352 e. The molecule has 3 rings (SSSR count). The standard InChI is InChI=1S/C18H24N4O3/c19-17(25)20-12-15(23)22-11-8-18(13-22)7-10-21(16(18)24)9-6-14-4-2-1-3-5-14/h1-5H,6-13H2,(H3,19,20,25). The van der Waals surface area contributed by atoms with Crippen molar-refractivity contribution in [2.75, 3.05) is 32.7 Å². The molecular weight excluding hydrogens is 320 g/mol. The number of nitrogens with zero attached hydrogens (tertiary/aromatic N) is 2. The summed E-state index contributed by atoms with van der Waals surface area (Å²) in [5.41, 5.74) is 5.77. The van der Waals surface area contributed by atoms with E-state index < -0.39 is 11.4 Å². The lowest BCUT2D eigenvalue weighted by atomic mass is 9.85. The van der Waals surface area contributed by atoms with Crippen molar-refractivity contribution < 1.29 is 14.4 Å². The number of nitrogens with one attached hydrogen (secondary N) is 1. The lowest BCUT2D eigenvalue weighted by Gasteiger charge is -2.23. The van der Waals surface area contributed by atoms with Crippen molar-refractivity contribution >= 4 is 17.8 Å². The highest BCUT2D eigenvalue weighted by Crippen LogP contribution is 2.40. The van der Waals surface area contributed by atoms with Crippen LogP contribution in [0.1, 0.15) is 18.4 Å². The van der Waals surface area contributed by atoms with Crippen LogP contribution in [0, 0.1) is 5.41 Å². The van der Waals surface area contributed by atoms with Crippen LogP contribution in [0.15, 0.2) is 30.3 Å². The topological polar surface area (TPSA) is 95.7 Å². The summed E-state index contributed by atoms with van der Waals surface area (Å²) >= 11 is 0. The lowest BCUT2D eigenvalue weighted by molar-refractivity contribution is -0.136. The number of hydrogen-bond acceptors (Lipinski definition) is 3. The van der Waals surface area contributed by atoms with Crippen molar-refractivity contribution in [3.05, 3.63) is 35.9 Å². The third kappa shape index (κ3) is 3.75. The molecule has 1 spiro atoms. The molecule has 2 aliphatic heterocycles. The van der Waals surface area contributed by atoms with Crippen molar-refractivity contribution in [1.82, 2.24) is 15.1 Å². The minimum absolute atomic E-state index is 0.114. The first-order valence-electron chi connectivity index (χ1n) is 8.65. The maximum Gasteiger partial charge on any atom is 0.312 e. The molecule has 0 aliphatic carbocycles. The summed E-state index contributed by atoms with van der Waals surface area (Å²) in [6.07, 6.45) is 2.32. The predicted octanol–water partition coefficient (Wildman–Crippen LogP) is 0.348. The molecule has 2 saturated heterocycles. The first-order chi connectivity index (χ1) is 12.0. The van der Waals surface area contributed by atoms with Gasteiger partial charge in [0.15, 0.2) is 0 Å². The van der Waals surface area contributed by atoms with E-state index in [-0.39, 0.29) is 18.4 Å². The quantitative estimate of drug-likeness (QED) is 0.807. The lowest BCUT2D eigenvalue weighted by Crippen LogP contribution is -2.43. The average molecular weight is 344 g/mol. The number of carbonyl (C=O) groups excluding carboxylic acids is 3. The van der Waals surface area contributed by atoms with E-state index in [0.717, 1.165) is 19.4 Å². The molecule has 7 heteroatoms. The second-order valence-corrected chi connectivity index (χ2v) is 6.84. The number of primary amides is 1. The van der Waals surface area contributed by atoms with Gasteiger partial charge in [-0.15, -0.1) is 0 Å². The molecule has 1 aromatic carbocycles. The number of carbonyl (C=O) groups is 3. The number of likely N-dealkylation sites (tertiary alicyclic amines) is 2. The zero-order chi connectivity index (χ0) is 17.9. The Bertz CT molecular complexity index is 664. The van der Waals surface area contributed by atoms with Crippen LogP contribution in [-0.4, -0.2) is 60.4 Å². The second-order valence-electron chi connectivity index (χ2n) is 6.84. The van der Waals surface area contributed by atoms with E-state index in [2.05, 4.69) is 17.4 Å². The molecule has 3 N–H and O–H groups in total. The maximum atomic E-state index is 12.9. The number of hydrogen-bond donors (Lipinski definition) is 2. The molecule has 1 atom stereocenters. The fourth-order valence-electron chi connectivity index (χ4n) is 3.75. The van der Waals surface area contributed by atoms with E-state index in [0.29, 0.717) is 26.1 Å². The summed E-state index contributed by atoms with van der Waals surface area (Å²) in [5, 5.41) is 2.31. The zero-order valence-corrected chi connectivity index (χ0v) is 14.2. The number of benzene rings is 1. The third-order valence-corrected chi connectivity index (χ3v) is 5.23. The summed E-state index contributed by atoms with van der Waals surface area (Å²) < 4.78 is 0. The third-order valence-electron chi connectivity index (χ3n) is 5.23. The second kappa shape index (κ2) is 7.13. The highest BCUT2D eigenvalue weighted by molar-refractivity contribution is 5.88. The Morgan fingerprint density at radius 1 is 1.16 bits per heavy atom. The predicted molar refractivity (Wildman–Crippen MR) is 92.6 cm³/mol. The molecule has 2 fully saturated rings. The first kappa shape index (κ1) is 17.3. The fraction of sp³-hybridized carbons (Fsp3) is 0.500. The van der Waals surface area contributed by atoms with E-state index in [9.17, 15) is 14.4 Å². The van der Waals surface area contributed by atoms with Crippen molar-refractivity contribution in [3.63, 3.8) is 0 Å².